The van der Waals surface area contributed by atoms with Gasteiger partial charge in [0.2, 0.25) is 11.8 Å². The third-order valence-corrected chi connectivity index (χ3v) is 3.82. The van der Waals surface area contributed by atoms with Crippen LogP contribution >= 0.6 is 0 Å². The molecule has 0 spiro atoms. The maximum absolute atomic E-state index is 12.3. The van der Waals surface area contributed by atoms with Gasteiger partial charge in [0.1, 0.15) is 12.1 Å². The number of carbonyl (C=O) groups excluding carboxylic acids is 2. The maximum atomic E-state index is 12.3. The molecule has 0 aliphatic carbocycles. The van der Waals surface area contributed by atoms with Crippen LogP contribution in [0.15, 0.2) is 12.5 Å². The molecule has 0 saturated carbocycles. The Kier molecular flexibility index (Phi) is 5.86. The normalized spacial score (nSPS) is 13.1. The molecule has 2 heterocycles. The van der Waals surface area contributed by atoms with E-state index in [9.17, 15) is 9.59 Å². The summed E-state index contributed by atoms with van der Waals surface area (Å²) in [6.07, 6.45) is 6.40. The SMILES string of the molecule is CCCN(CCC)C(=O)CCC(=O)N1CCc2cncnc21. The Morgan fingerprint density at radius 3 is 2.64 bits per heavy atom. The first-order valence-corrected chi connectivity index (χ1v) is 8.04. The van der Waals surface area contributed by atoms with Crippen LogP contribution in [-0.4, -0.2) is 46.3 Å². The highest BCUT2D eigenvalue weighted by molar-refractivity contribution is 5.96. The molecule has 0 aromatic carbocycles. The molecule has 0 radical (unpaired) electrons. The van der Waals surface area contributed by atoms with Gasteiger partial charge in [-0.15, -0.1) is 0 Å². The maximum Gasteiger partial charge on any atom is 0.228 e. The number of anilines is 1. The summed E-state index contributed by atoms with van der Waals surface area (Å²) in [5, 5.41) is 0. The van der Waals surface area contributed by atoms with Crippen molar-refractivity contribution in [3.63, 3.8) is 0 Å². The molecule has 2 rings (SSSR count). The Balaban J connectivity index is 1.89. The Morgan fingerprint density at radius 2 is 1.95 bits per heavy atom. The molecule has 6 heteroatoms. The van der Waals surface area contributed by atoms with E-state index in [0.717, 1.165) is 37.9 Å². The number of rotatable bonds is 7. The highest BCUT2D eigenvalue weighted by atomic mass is 16.2. The quantitative estimate of drug-likeness (QED) is 0.770. The van der Waals surface area contributed by atoms with Gasteiger partial charge in [0, 0.05) is 44.2 Å². The third-order valence-electron chi connectivity index (χ3n) is 3.82. The van der Waals surface area contributed by atoms with E-state index in [2.05, 4.69) is 23.8 Å². The van der Waals surface area contributed by atoms with E-state index < -0.39 is 0 Å². The molecule has 1 aliphatic heterocycles. The van der Waals surface area contributed by atoms with Crippen molar-refractivity contribution in [3.8, 4) is 0 Å². The molecule has 1 aromatic rings. The monoisotopic (exact) mass is 304 g/mol. The minimum atomic E-state index is -0.0289. The first-order chi connectivity index (χ1) is 10.7. The summed E-state index contributed by atoms with van der Waals surface area (Å²) in [6, 6.07) is 0. The molecule has 22 heavy (non-hydrogen) atoms. The van der Waals surface area contributed by atoms with Crippen LogP contribution in [0.3, 0.4) is 0 Å². The van der Waals surface area contributed by atoms with Crippen molar-refractivity contribution in [2.24, 2.45) is 0 Å². The molecule has 0 N–H and O–H groups in total. The van der Waals surface area contributed by atoms with Gasteiger partial charge < -0.3 is 4.90 Å². The van der Waals surface area contributed by atoms with Crippen LogP contribution in [0, 0.1) is 0 Å². The Bertz CT molecular complexity index is 527. The van der Waals surface area contributed by atoms with Crippen molar-refractivity contribution in [1.82, 2.24) is 14.9 Å². The van der Waals surface area contributed by atoms with E-state index in [1.54, 1.807) is 11.1 Å². The molecule has 0 saturated heterocycles. The van der Waals surface area contributed by atoms with E-state index >= 15 is 0 Å². The first-order valence-electron chi connectivity index (χ1n) is 8.04. The smallest absolute Gasteiger partial charge is 0.228 e. The standard InChI is InChI=1S/C16H24N4O2/c1-3-8-19(9-4-2)14(21)5-6-15(22)20-10-7-13-11-17-12-18-16(13)20/h11-12H,3-10H2,1-2H3. The molecule has 0 atom stereocenters. The Labute approximate surface area is 131 Å². The lowest BCUT2D eigenvalue weighted by Gasteiger charge is -2.22. The molecule has 0 unspecified atom stereocenters. The van der Waals surface area contributed by atoms with Gasteiger partial charge in [-0.25, -0.2) is 9.97 Å². The predicted molar refractivity (Wildman–Crippen MR) is 84.5 cm³/mol. The minimum absolute atomic E-state index is 0.0289. The molecule has 0 bridgehead atoms. The lowest BCUT2D eigenvalue weighted by molar-refractivity contribution is -0.133. The average Bonchev–Trinajstić information content (AvgIpc) is 2.96. The fourth-order valence-corrected chi connectivity index (χ4v) is 2.76. The van der Waals surface area contributed by atoms with E-state index in [4.69, 9.17) is 0 Å². The molecule has 6 nitrogen and oxygen atoms in total. The van der Waals surface area contributed by atoms with Crippen LogP contribution < -0.4 is 4.90 Å². The number of aromatic nitrogens is 2. The second-order valence-electron chi connectivity index (χ2n) is 5.55. The van der Waals surface area contributed by atoms with Crippen molar-refractivity contribution in [3.05, 3.63) is 18.1 Å². The second kappa shape index (κ2) is 7.87. The summed E-state index contributed by atoms with van der Waals surface area (Å²) in [7, 11) is 0. The largest absolute Gasteiger partial charge is 0.343 e. The molecule has 1 aromatic heterocycles. The van der Waals surface area contributed by atoms with Crippen LogP contribution in [0.4, 0.5) is 5.82 Å². The summed E-state index contributed by atoms with van der Waals surface area (Å²) in [4.78, 5) is 36.3. The summed E-state index contributed by atoms with van der Waals surface area (Å²) < 4.78 is 0. The lowest BCUT2D eigenvalue weighted by atomic mass is 10.2. The zero-order valence-electron chi connectivity index (χ0n) is 13.4. The Hall–Kier alpha value is -1.98. The fraction of sp³-hybridized carbons (Fsp3) is 0.625. The number of amides is 2. The molecule has 120 valence electrons. The number of carbonyl (C=O) groups is 2. The molecule has 0 fully saturated rings. The summed E-state index contributed by atoms with van der Waals surface area (Å²) in [6.45, 7) is 6.28. The van der Waals surface area contributed by atoms with Gasteiger partial charge in [0.25, 0.3) is 0 Å². The van der Waals surface area contributed by atoms with Gasteiger partial charge in [-0.1, -0.05) is 13.8 Å². The fourth-order valence-electron chi connectivity index (χ4n) is 2.76. The van der Waals surface area contributed by atoms with Gasteiger partial charge >= 0.3 is 0 Å². The van der Waals surface area contributed by atoms with Gasteiger partial charge in [-0.3, -0.25) is 14.5 Å². The third kappa shape index (κ3) is 3.81. The van der Waals surface area contributed by atoms with Gasteiger partial charge in [-0.05, 0) is 19.3 Å². The zero-order chi connectivity index (χ0) is 15.9. The van der Waals surface area contributed by atoms with E-state index in [-0.39, 0.29) is 24.7 Å². The Morgan fingerprint density at radius 1 is 1.23 bits per heavy atom. The number of fused-ring (bicyclic) bond motifs is 1. The second-order valence-corrected chi connectivity index (χ2v) is 5.55. The molecular formula is C16H24N4O2. The molecule has 2 amide bonds. The van der Waals surface area contributed by atoms with Crippen LogP contribution in [0.5, 0.6) is 0 Å². The van der Waals surface area contributed by atoms with Crippen LogP contribution in [0.2, 0.25) is 0 Å². The highest BCUT2D eigenvalue weighted by Gasteiger charge is 2.26. The first kappa shape index (κ1) is 16.4. The van der Waals surface area contributed by atoms with Crippen LogP contribution in [-0.2, 0) is 16.0 Å². The van der Waals surface area contributed by atoms with Crippen molar-refractivity contribution < 1.29 is 9.59 Å². The molecular weight excluding hydrogens is 280 g/mol. The average molecular weight is 304 g/mol. The lowest BCUT2D eigenvalue weighted by Crippen LogP contribution is -2.35. The number of nitrogens with zero attached hydrogens (tertiary/aromatic N) is 4. The van der Waals surface area contributed by atoms with Crippen molar-refractivity contribution in [2.45, 2.75) is 46.0 Å². The van der Waals surface area contributed by atoms with Gasteiger partial charge in [-0.2, -0.15) is 0 Å². The predicted octanol–water partition coefficient (Wildman–Crippen LogP) is 1.79. The van der Waals surface area contributed by atoms with Crippen LogP contribution in [0.1, 0.15) is 45.1 Å². The highest BCUT2D eigenvalue weighted by Crippen LogP contribution is 2.24. The van der Waals surface area contributed by atoms with E-state index in [0.29, 0.717) is 12.4 Å². The summed E-state index contributed by atoms with van der Waals surface area (Å²) in [5.41, 5.74) is 1.00. The minimum Gasteiger partial charge on any atom is -0.343 e. The van der Waals surface area contributed by atoms with Crippen molar-refractivity contribution in [1.29, 1.82) is 0 Å². The molecule has 1 aliphatic rings. The van der Waals surface area contributed by atoms with E-state index in [1.165, 1.54) is 6.33 Å². The summed E-state index contributed by atoms with van der Waals surface area (Å²) >= 11 is 0. The number of hydrogen-bond acceptors (Lipinski definition) is 4. The number of hydrogen-bond donors (Lipinski definition) is 0. The van der Waals surface area contributed by atoms with Gasteiger partial charge in [0.15, 0.2) is 0 Å². The zero-order valence-corrected chi connectivity index (χ0v) is 13.4. The van der Waals surface area contributed by atoms with Crippen molar-refractivity contribution in [2.75, 3.05) is 24.5 Å². The van der Waals surface area contributed by atoms with Crippen LogP contribution in [0.25, 0.3) is 0 Å². The van der Waals surface area contributed by atoms with E-state index in [1.807, 2.05) is 4.90 Å². The van der Waals surface area contributed by atoms with Crippen molar-refractivity contribution >= 4 is 17.6 Å². The van der Waals surface area contributed by atoms with Gasteiger partial charge in [0.05, 0.1) is 0 Å². The summed E-state index contributed by atoms with van der Waals surface area (Å²) in [5.74, 6) is 0.740. The topological polar surface area (TPSA) is 66.4 Å².